The number of halogens is 4. The molecule has 2 aromatic rings. The summed E-state index contributed by atoms with van der Waals surface area (Å²) in [5.41, 5.74) is 4.65. The summed E-state index contributed by atoms with van der Waals surface area (Å²) in [6.45, 7) is 4.31. The monoisotopic (exact) mass is 854 g/mol. The number of hydrogen-bond acceptors (Lipinski definition) is 4. The highest BCUT2D eigenvalue weighted by atomic mass is 127. The zero-order chi connectivity index (χ0) is 21.6. The molecule has 0 aliphatic rings. The van der Waals surface area contributed by atoms with Gasteiger partial charge in [-0.25, -0.2) is 0 Å². The molecule has 8 heteroatoms. The Labute approximate surface area is 234 Å². The fraction of sp³-hybridized carbons (Fsp3) is 0.364. The van der Waals surface area contributed by atoms with E-state index in [-0.39, 0.29) is 0 Å². The second kappa shape index (κ2) is 16.0. The molecule has 0 fully saturated rings. The van der Waals surface area contributed by atoms with Gasteiger partial charge in [-0.1, -0.05) is 115 Å². The van der Waals surface area contributed by atoms with E-state index in [9.17, 15) is 0 Å². The first-order chi connectivity index (χ1) is 14.7. The maximum absolute atomic E-state index is 4.22. The third kappa shape index (κ3) is 9.43. The van der Waals surface area contributed by atoms with Crippen LogP contribution < -0.4 is 9.80 Å². The quantitative estimate of drug-likeness (QED) is 0.100. The van der Waals surface area contributed by atoms with E-state index in [1.54, 1.807) is 12.4 Å². The maximum Gasteiger partial charge on any atom is 0.0568 e. The summed E-state index contributed by atoms with van der Waals surface area (Å²) in [5, 5.41) is 8.43. The van der Waals surface area contributed by atoms with Crippen molar-refractivity contribution in [3.8, 4) is 0 Å². The lowest BCUT2D eigenvalue weighted by atomic mass is 10.2. The van der Waals surface area contributed by atoms with E-state index in [1.807, 2.05) is 0 Å². The number of rotatable bonds is 13. The van der Waals surface area contributed by atoms with Crippen LogP contribution in [-0.4, -0.2) is 56.3 Å². The van der Waals surface area contributed by atoms with Crippen molar-refractivity contribution in [3.05, 3.63) is 59.7 Å². The average molecular weight is 854 g/mol. The zero-order valence-corrected chi connectivity index (χ0v) is 25.4. The van der Waals surface area contributed by atoms with Crippen LogP contribution in [0, 0.1) is 0 Å². The van der Waals surface area contributed by atoms with Gasteiger partial charge in [0.2, 0.25) is 0 Å². The number of benzene rings is 2. The molecule has 0 heterocycles. The minimum absolute atomic E-state index is 1.06. The Hall–Kier alpha value is 0.300. The molecule has 0 radical (unpaired) electrons. The number of nitrogens with zero attached hydrogens (tertiary/aromatic N) is 4. The predicted octanol–water partition coefficient (Wildman–Crippen LogP) is 6.49. The van der Waals surface area contributed by atoms with Crippen LogP contribution in [0.2, 0.25) is 0 Å². The Morgan fingerprint density at radius 3 is 1.10 bits per heavy atom. The Balaban J connectivity index is 1.94. The molecule has 30 heavy (non-hydrogen) atoms. The number of hydrogen-bond donors (Lipinski definition) is 0. The van der Waals surface area contributed by atoms with E-state index >= 15 is 0 Å². The molecule has 162 valence electrons. The fourth-order valence-corrected chi connectivity index (χ4v) is 5.22. The first kappa shape index (κ1) is 26.6. The summed E-state index contributed by atoms with van der Waals surface area (Å²) in [7, 11) is 0. The zero-order valence-electron chi connectivity index (χ0n) is 16.7. The summed E-state index contributed by atoms with van der Waals surface area (Å²) in [5.74, 6) is 0. The minimum Gasteiger partial charge on any atom is -0.370 e. The van der Waals surface area contributed by atoms with Gasteiger partial charge in [0.05, 0.1) is 12.4 Å². The van der Waals surface area contributed by atoms with Crippen LogP contribution in [0.3, 0.4) is 0 Å². The smallest absolute Gasteiger partial charge is 0.0568 e. The molecule has 0 aromatic heterocycles. The van der Waals surface area contributed by atoms with Crippen LogP contribution in [0.15, 0.2) is 58.7 Å². The Morgan fingerprint density at radius 2 is 0.833 bits per heavy atom. The predicted molar refractivity (Wildman–Crippen MR) is 168 cm³/mol. The molecule has 0 unspecified atom stereocenters. The third-order valence-electron chi connectivity index (χ3n) is 4.41. The lowest BCUT2D eigenvalue weighted by Crippen LogP contribution is -2.27. The molecule has 2 rings (SSSR count). The molecule has 0 amide bonds. The van der Waals surface area contributed by atoms with Crippen molar-refractivity contribution in [2.24, 2.45) is 10.2 Å². The number of anilines is 2. The van der Waals surface area contributed by atoms with Gasteiger partial charge in [-0.15, -0.1) is 0 Å². The van der Waals surface area contributed by atoms with Gasteiger partial charge in [-0.2, -0.15) is 10.2 Å². The third-order valence-corrected chi connectivity index (χ3v) is 6.34. The minimum atomic E-state index is 1.06. The van der Waals surface area contributed by atoms with Gasteiger partial charge in [-0.3, -0.25) is 0 Å². The van der Waals surface area contributed by atoms with Gasteiger partial charge in [0.1, 0.15) is 0 Å². The molecule has 0 bridgehead atoms. The van der Waals surface area contributed by atoms with E-state index in [2.05, 4.69) is 159 Å². The first-order valence-electron chi connectivity index (χ1n) is 9.72. The molecular weight excluding hydrogens is 828 g/mol. The highest BCUT2D eigenvalue weighted by Crippen LogP contribution is 2.16. The molecule has 2 aromatic carbocycles. The Kier molecular flexibility index (Phi) is 14.2. The molecule has 0 spiro atoms. The topological polar surface area (TPSA) is 31.2 Å². The van der Waals surface area contributed by atoms with E-state index < -0.39 is 0 Å². The maximum atomic E-state index is 4.22. The van der Waals surface area contributed by atoms with Crippen molar-refractivity contribution in [2.45, 2.75) is 0 Å². The Bertz CT molecular complexity index is 699. The van der Waals surface area contributed by atoms with Crippen molar-refractivity contribution < 1.29 is 0 Å². The number of alkyl halides is 4. The Morgan fingerprint density at radius 1 is 0.533 bits per heavy atom. The van der Waals surface area contributed by atoms with Crippen LogP contribution in [0.1, 0.15) is 11.1 Å². The second-order valence-corrected chi connectivity index (χ2v) is 10.7. The van der Waals surface area contributed by atoms with Gasteiger partial charge in [0.15, 0.2) is 0 Å². The van der Waals surface area contributed by atoms with Gasteiger partial charge < -0.3 is 9.80 Å². The summed E-state index contributed by atoms with van der Waals surface area (Å²) < 4.78 is 4.51. The van der Waals surface area contributed by atoms with E-state index in [1.165, 1.54) is 11.4 Å². The van der Waals surface area contributed by atoms with Crippen LogP contribution >= 0.6 is 90.4 Å². The molecule has 0 saturated carbocycles. The summed E-state index contributed by atoms with van der Waals surface area (Å²) >= 11 is 9.72. The fourth-order valence-electron chi connectivity index (χ4n) is 2.89. The standard InChI is InChI=1S/C22H26I4N4/c23-9-13-29(14-10-24)21-5-1-19(2-6-21)17-27-28-18-20-3-7-22(8-4-20)30(15-11-25)16-12-26/h1-8,17-18H,9-16H2/b27-17-,28-18+. The van der Waals surface area contributed by atoms with E-state index in [0.717, 1.165) is 55.0 Å². The largest absolute Gasteiger partial charge is 0.370 e. The van der Waals surface area contributed by atoms with Crippen LogP contribution in [0.25, 0.3) is 0 Å². The van der Waals surface area contributed by atoms with E-state index in [0.29, 0.717) is 0 Å². The van der Waals surface area contributed by atoms with Gasteiger partial charge >= 0.3 is 0 Å². The molecule has 0 aliphatic carbocycles. The summed E-state index contributed by atoms with van der Waals surface area (Å²) in [6, 6.07) is 17.1. The highest BCUT2D eigenvalue weighted by molar-refractivity contribution is 14.1. The van der Waals surface area contributed by atoms with Crippen molar-refractivity contribution in [2.75, 3.05) is 53.7 Å². The summed E-state index contributed by atoms with van der Waals surface area (Å²) in [6.07, 6.45) is 3.61. The van der Waals surface area contributed by atoms with E-state index in [4.69, 9.17) is 0 Å². The van der Waals surface area contributed by atoms with Crippen LogP contribution in [0.4, 0.5) is 11.4 Å². The molecule has 0 atom stereocenters. The average Bonchev–Trinajstić information content (AvgIpc) is 2.77. The lowest BCUT2D eigenvalue weighted by molar-refractivity contribution is 0.892. The van der Waals surface area contributed by atoms with Crippen molar-refractivity contribution in [3.63, 3.8) is 0 Å². The van der Waals surface area contributed by atoms with Crippen LogP contribution in [0.5, 0.6) is 0 Å². The second-order valence-electron chi connectivity index (χ2n) is 6.40. The van der Waals surface area contributed by atoms with Gasteiger partial charge in [0.25, 0.3) is 0 Å². The van der Waals surface area contributed by atoms with Crippen LogP contribution in [-0.2, 0) is 0 Å². The van der Waals surface area contributed by atoms with Crippen molar-refractivity contribution >= 4 is 114 Å². The van der Waals surface area contributed by atoms with Crippen molar-refractivity contribution in [1.82, 2.24) is 0 Å². The molecule has 0 saturated heterocycles. The SMILES string of the molecule is ICCN(CCI)c1ccc(/C=N\N=C\c2ccc(N(CCI)CCI)cc2)cc1. The molecular formula is C22H26I4N4. The van der Waals surface area contributed by atoms with Gasteiger partial charge in [0, 0.05) is 55.3 Å². The molecule has 4 nitrogen and oxygen atoms in total. The lowest BCUT2D eigenvalue weighted by Gasteiger charge is -2.23. The van der Waals surface area contributed by atoms with Crippen molar-refractivity contribution in [1.29, 1.82) is 0 Å². The normalized spacial score (nSPS) is 11.5. The first-order valence-corrected chi connectivity index (χ1v) is 15.8. The molecule has 0 N–H and O–H groups in total. The molecule has 0 aliphatic heterocycles. The summed E-state index contributed by atoms with van der Waals surface area (Å²) in [4.78, 5) is 4.84. The van der Waals surface area contributed by atoms with Gasteiger partial charge in [-0.05, 0) is 35.4 Å². The highest BCUT2D eigenvalue weighted by Gasteiger charge is 2.05.